The number of benzene rings is 1. The summed E-state index contributed by atoms with van der Waals surface area (Å²) in [6.07, 6.45) is 3.39. The lowest BCUT2D eigenvalue weighted by Crippen LogP contribution is -2.48. The molecule has 1 aliphatic rings. The van der Waals surface area contributed by atoms with Crippen molar-refractivity contribution in [3.05, 3.63) is 35.3 Å². The summed E-state index contributed by atoms with van der Waals surface area (Å²) in [4.78, 5) is 19.7. The van der Waals surface area contributed by atoms with Gasteiger partial charge in [-0.3, -0.25) is 4.79 Å². The Hall–Kier alpha value is -1.92. The minimum atomic E-state index is 0.0571. The highest BCUT2D eigenvalue weighted by Crippen LogP contribution is 2.28. The van der Waals surface area contributed by atoms with Gasteiger partial charge in [0.2, 0.25) is 0 Å². The minimum absolute atomic E-state index is 0.0571. The van der Waals surface area contributed by atoms with Gasteiger partial charge in [-0.05, 0) is 44.0 Å². The first-order valence-electron chi connectivity index (χ1n) is 7.75. The normalized spacial score (nSPS) is 21.3. The molecule has 0 aliphatic carbocycles. The molecule has 23 heavy (non-hydrogen) atoms. The first-order valence-corrected chi connectivity index (χ1v) is 8.57. The van der Waals surface area contributed by atoms with Crippen LogP contribution in [0, 0.1) is 0 Å². The summed E-state index contributed by atoms with van der Waals surface area (Å²) in [6, 6.07) is 8.07. The standard InChI is InChI=1S/C17H21N3O2S/c1-11-9-13(18)7-8-20(11)17(21)15-10-19-16(23-15)12-3-5-14(22-2)6-4-12/h3-6,10-11,13H,7-9,18H2,1-2H3. The lowest BCUT2D eigenvalue weighted by molar-refractivity contribution is 0.0624. The second kappa shape index (κ2) is 6.68. The third-order valence-corrected chi connectivity index (χ3v) is 5.27. The summed E-state index contributed by atoms with van der Waals surface area (Å²) in [5.41, 5.74) is 6.96. The van der Waals surface area contributed by atoms with Crippen LogP contribution in [-0.2, 0) is 0 Å². The van der Waals surface area contributed by atoms with E-state index in [1.54, 1.807) is 13.3 Å². The van der Waals surface area contributed by atoms with Gasteiger partial charge in [-0.2, -0.15) is 0 Å². The molecule has 0 spiro atoms. The number of hydrogen-bond donors (Lipinski definition) is 1. The summed E-state index contributed by atoms with van der Waals surface area (Å²) in [5.74, 6) is 0.863. The van der Waals surface area contributed by atoms with Crippen LogP contribution in [0.3, 0.4) is 0 Å². The van der Waals surface area contributed by atoms with E-state index in [1.165, 1.54) is 11.3 Å². The number of methoxy groups -OCH3 is 1. The monoisotopic (exact) mass is 331 g/mol. The molecule has 2 N–H and O–H groups in total. The number of likely N-dealkylation sites (tertiary alicyclic amines) is 1. The van der Waals surface area contributed by atoms with E-state index in [2.05, 4.69) is 11.9 Å². The average molecular weight is 331 g/mol. The van der Waals surface area contributed by atoms with Crippen molar-refractivity contribution in [3.63, 3.8) is 0 Å². The molecule has 2 aromatic rings. The maximum Gasteiger partial charge on any atom is 0.265 e. The van der Waals surface area contributed by atoms with Crippen LogP contribution in [0.4, 0.5) is 0 Å². The average Bonchev–Trinajstić information content (AvgIpc) is 3.04. The molecule has 122 valence electrons. The van der Waals surface area contributed by atoms with Crippen molar-refractivity contribution in [2.75, 3.05) is 13.7 Å². The van der Waals surface area contributed by atoms with Crippen molar-refractivity contribution < 1.29 is 9.53 Å². The lowest BCUT2D eigenvalue weighted by Gasteiger charge is -2.36. The van der Waals surface area contributed by atoms with E-state index < -0.39 is 0 Å². The van der Waals surface area contributed by atoms with Crippen LogP contribution in [0.5, 0.6) is 5.75 Å². The third-order valence-electron chi connectivity index (χ3n) is 4.23. The molecule has 0 saturated carbocycles. The molecule has 2 atom stereocenters. The van der Waals surface area contributed by atoms with Crippen LogP contribution in [0.2, 0.25) is 0 Å². The van der Waals surface area contributed by atoms with Crippen LogP contribution in [-0.4, -0.2) is 41.5 Å². The molecule has 2 heterocycles. The zero-order valence-corrected chi connectivity index (χ0v) is 14.2. The quantitative estimate of drug-likeness (QED) is 0.939. The number of nitrogens with zero attached hydrogens (tertiary/aromatic N) is 2. The molecule has 5 nitrogen and oxygen atoms in total. The fraction of sp³-hybridized carbons (Fsp3) is 0.412. The first kappa shape index (κ1) is 16.0. The maximum absolute atomic E-state index is 12.7. The van der Waals surface area contributed by atoms with Crippen LogP contribution in [0.25, 0.3) is 10.6 Å². The highest BCUT2D eigenvalue weighted by molar-refractivity contribution is 7.16. The number of ether oxygens (including phenoxy) is 1. The molecule has 0 bridgehead atoms. The molecule has 0 radical (unpaired) electrons. The maximum atomic E-state index is 12.7. The van der Waals surface area contributed by atoms with Gasteiger partial charge in [0.15, 0.2) is 0 Å². The van der Waals surface area contributed by atoms with E-state index in [-0.39, 0.29) is 18.0 Å². The van der Waals surface area contributed by atoms with Gasteiger partial charge < -0.3 is 15.4 Å². The number of hydrogen-bond acceptors (Lipinski definition) is 5. The van der Waals surface area contributed by atoms with Crippen LogP contribution in [0.15, 0.2) is 30.5 Å². The first-order chi connectivity index (χ1) is 11.1. The highest BCUT2D eigenvalue weighted by atomic mass is 32.1. The Kier molecular flexibility index (Phi) is 4.63. The second-order valence-corrected chi connectivity index (χ2v) is 6.92. The molecule has 1 fully saturated rings. The number of piperidine rings is 1. The van der Waals surface area contributed by atoms with E-state index in [0.717, 1.165) is 35.7 Å². The summed E-state index contributed by atoms with van der Waals surface area (Å²) in [7, 11) is 1.64. The van der Waals surface area contributed by atoms with Crippen LogP contribution < -0.4 is 10.5 Å². The summed E-state index contributed by atoms with van der Waals surface area (Å²) < 4.78 is 5.16. The molecule has 6 heteroatoms. The Morgan fingerprint density at radius 3 is 2.78 bits per heavy atom. The number of aromatic nitrogens is 1. The predicted octanol–water partition coefficient (Wildman–Crippen LogP) is 2.77. The molecule has 1 amide bonds. The fourth-order valence-electron chi connectivity index (χ4n) is 2.89. The van der Waals surface area contributed by atoms with E-state index in [9.17, 15) is 4.79 Å². The minimum Gasteiger partial charge on any atom is -0.497 e. The van der Waals surface area contributed by atoms with Crippen LogP contribution in [0.1, 0.15) is 29.4 Å². The number of carbonyl (C=O) groups is 1. The van der Waals surface area contributed by atoms with Gasteiger partial charge in [0.05, 0.1) is 13.3 Å². The number of rotatable bonds is 3. The zero-order valence-electron chi connectivity index (χ0n) is 13.4. The van der Waals surface area contributed by atoms with Crippen molar-refractivity contribution in [1.82, 2.24) is 9.88 Å². The second-order valence-electron chi connectivity index (χ2n) is 5.89. The van der Waals surface area contributed by atoms with E-state index in [4.69, 9.17) is 10.5 Å². The molecule has 2 unspecified atom stereocenters. The smallest absolute Gasteiger partial charge is 0.265 e. The van der Waals surface area contributed by atoms with Crippen molar-refractivity contribution >= 4 is 17.2 Å². The van der Waals surface area contributed by atoms with E-state index in [0.29, 0.717) is 4.88 Å². The molecular formula is C17H21N3O2S. The van der Waals surface area contributed by atoms with E-state index >= 15 is 0 Å². The number of thiazole rings is 1. The number of amides is 1. The molecule has 1 aromatic heterocycles. The van der Waals surface area contributed by atoms with Crippen molar-refractivity contribution in [2.45, 2.75) is 31.8 Å². The van der Waals surface area contributed by atoms with Crippen molar-refractivity contribution in [2.24, 2.45) is 5.73 Å². The molecule has 1 saturated heterocycles. The topological polar surface area (TPSA) is 68.5 Å². The van der Waals surface area contributed by atoms with Gasteiger partial charge in [0, 0.05) is 24.2 Å². The fourth-order valence-corrected chi connectivity index (χ4v) is 3.77. The summed E-state index contributed by atoms with van der Waals surface area (Å²) >= 11 is 1.43. The van der Waals surface area contributed by atoms with Gasteiger partial charge in [0.1, 0.15) is 15.6 Å². The predicted molar refractivity (Wildman–Crippen MR) is 91.8 cm³/mol. The van der Waals surface area contributed by atoms with E-state index in [1.807, 2.05) is 29.2 Å². The van der Waals surface area contributed by atoms with Crippen molar-refractivity contribution in [1.29, 1.82) is 0 Å². The molecule has 3 rings (SSSR count). The molecule has 1 aromatic carbocycles. The van der Waals surface area contributed by atoms with Crippen LogP contribution >= 0.6 is 11.3 Å². The Bertz CT molecular complexity index is 683. The third kappa shape index (κ3) is 3.38. The van der Waals surface area contributed by atoms with Gasteiger partial charge >= 0.3 is 0 Å². The highest BCUT2D eigenvalue weighted by Gasteiger charge is 2.28. The Labute approximate surface area is 140 Å². The van der Waals surface area contributed by atoms with Gasteiger partial charge in [-0.15, -0.1) is 11.3 Å². The van der Waals surface area contributed by atoms with Gasteiger partial charge in [-0.1, -0.05) is 0 Å². The Morgan fingerprint density at radius 2 is 2.13 bits per heavy atom. The zero-order chi connectivity index (χ0) is 16.4. The largest absolute Gasteiger partial charge is 0.497 e. The van der Waals surface area contributed by atoms with Gasteiger partial charge in [-0.25, -0.2) is 4.98 Å². The van der Waals surface area contributed by atoms with Crippen molar-refractivity contribution in [3.8, 4) is 16.3 Å². The SMILES string of the molecule is COc1ccc(-c2ncc(C(=O)N3CCC(N)CC3C)s2)cc1. The van der Waals surface area contributed by atoms with Gasteiger partial charge in [0.25, 0.3) is 5.91 Å². The number of carbonyl (C=O) groups excluding carboxylic acids is 1. The summed E-state index contributed by atoms with van der Waals surface area (Å²) in [5, 5.41) is 0.845. The molecular weight excluding hydrogens is 310 g/mol. The Morgan fingerprint density at radius 1 is 1.39 bits per heavy atom. The number of nitrogens with two attached hydrogens (primary N) is 1. The Balaban J connectivity index is 1.76. The molecule has 1 aliphatic heterocycles. The summed E-state index contributed by atoms with van der Waals surface area (Å²) in [6.45, 7) is 2.78. The lowest BCUT2D eigenvalue weighted by atomic mass is 9.99.